The van der Waals surface area contributed by atoms with Crippen molar-refractivity contribution in [2.45, 2.75) is 26.8 Å². The number of nitrogens with zero attached hydrogens (tertiary/aromatic N) is 3. The summed E-state index contributed by atoms with van der Waals surface area (Å²) in [6.45, 7) is 6.37. The fraction of sp³-hybridized carbons (Fsp3) is 0.286. The van der Waals surface area contributed by atoms with E-state index in [9.17, 15) is 0 Å². The van der Waals surface area contributed by atoms with Crippen LogP contribution in [-0.4, -0.2) is 19.7 Å². The molecule has 4 heteroatoms. The molecule has 0 bridgehead atoms. The van der Waals surface area contributed by atoms with Gasteiger partial charge in [0.2, 0.25) is 0 Å². The molecule has 0 aliphatic rings. The van der Waals surface area contributed by atoms with Crippen molar-refractivity contribution in [1.29, 1.82) is 0 Å². The van der Waals surface area contributed by atoms with Crippen molar-refractivity contribution in [3.63, 3.8) is 0 Å². The Morgan fingerprint density at radius 2 is 2.06 bits per heavy atom. The number of aromatic nitrogens is 4. The third-order valence-corrected chi connectivity index (χ3v) is 3.21. The lowest BCUT2D eigenvalue weighted by atomic mass is 10.1. The van der Waals surface area contributed by atoms with E-state index in [1.807, 2.05) is 23.3 Å². The lowest BCUT2D eigenvalue weighted by molar-refractivity contribution is 0.539. The molecule has 0 radical (unpaired) electrons. The Balaban J connectivity index is 2.31. The molecule has 0 saturated heterocycles. The average molecular weight is 240 g/mol. The molecular weight excluding hydrogens is 224 g/mol. The molecule has 0 saturated carbocycles. The Morgan fingerprint density at radius 1 is 1.22 bits per heavy atom. The zero-order valence-corrected chi connectivity index (χ0v) is 10.8. The Bertz CT molecular complexity index is 691. The summed E-state index contributed by atoms with van der Waals surface area (Å²) in [5.41, 5.74) is 4.47. The monoisotopic (exact) mass is 240 g/mol. The highest BCUT2D eigenvalue weighted by molar-refractivity contribution is 5.94. The van der Waals surface area contributed by atoms with Gasteiger partial charge < -0.3 is 4.98 Å². The molecule has 92 valence electrons. The third-order valence-electron chi connectivity index (χ3n) is 3.21. The average Bonchev–Trinajstić information content (AvgIpc) is 2.96. The van der Waals surface area contributed by atoms with E-state index in [0.29, 0.717) is 6.04 Å². The SMILES string of the molecule is Cc1c[nH]c2nccc(-c3ccnn3C(C)C)c12. The molecule has 1 N–H and O–H groups in total. The van der Waals surface area contributed by atoms with Crippen LogP contribution >= 0.6 is 0 Å². The Hall–Kier alpha value is -2.10. The van der Waals surface area contributed by atoms with Crippen molar-refractivity contribution < 1.29 is 0 Å². The predicted octanol–water partition coefficient (Wildman–Crippen LogP) is 3.32. The minimum absolute atomic E-state index is 0.345. The van der Waals surface area contributed by atoms with Gasteiger partial charge in [0, 0.05) is 35.6 Å². The van der Waals surface area contributed by atoms with Gasteiger partial charge in [-0.1, -0.05) is 0 Å². The van der Waals surface area contributed by atoms with Gasteiger partial charge in [0.1, 0.15) is 5.65 Å². The summed E-state index contributed by atoms with van der Waals surface area (Å²) >= 11 is 0. The first kappa shape index (κ1) is 11.0. The Kier molecular flexibility index (Phi) is 2.44. The first-order chi connectivity index (χ1) is 8.68. The second-order valence-corrected chi connectivity index (χ2v) is 4.81. The fourth-order valence-corrected chi connectivity index (χ4v) is 2.37. The number of pyridine rings is 1. The highest BCUT2D eigenvalue weighted by atomic mass is 15.3. The molecule has 3 heterocycles. The first-order valence-corrected chi connectivity index (χ1v) is 6.15. The topological polar surface area (TPSA) is 46.5 Å². The molecule has 3 aromatic heterocycles. The molecule has 4 nitrogen and oxygen atoms in total. The molecule has 0 fully saturated rings. The van der Waals surface area contributed by atoms with Gasteiger partial charge in [0.25, 0.3) is 0 Å². The lowest BCUT2D eigenvalue weighted by Crippen LogP contribution is -2.04. The van der Waals surface area contributed by atoms with Crippen molar-refractivity contribution in [2.75, 3.05) is 0 Å². The fourth-order valence-electron chi connectivity index (χ4n) is 2.37. The van der Waals surface area contributed by atoms with E-state index in [2.05, 4.69) is 48.0 Å². The quantitative estimate of drug-likeness (QED) is 0.747. The van der Waals surface area contributed by atoms with Crippen LogP contribution in [0.4, 0.5) is 0 Å². The smallest absolute Gasteiger partial charge is 0.138 e. The second-order valence-electron chi connectivity index (χ2n) is 4.81. The minimum atomic E-state index is 0.345. The summed E-state index contributed by atoms with van der Waals surface area (Å²) in [7, 11) is 0. The van der Waals surface area contributed by atoms with Crippen molar-refractivity contribution in [1.82, 2.24) is 19.7 Å². The maximum atomic E-state index is 4.40. The number of aromatic amines is 1. The van der Waals surface area contributed by atoms with Gasteiger partial charge in [0.15, 0.2) is 0 Å². The van der Waals surface area contributed by atoms with Crippen molar-refractivity contribution in [2.24, 2.45) is 0 Å². The highest BCUT2D eigenvalue weighted by Crippen LogP contribution is 2.30. The first-order valence-electron chi connectivity index (χ1n) is 6.15. The molecule has 0 aliphatic heterocycles. The summed E-state index contributed by atoms with van der Waals surface area (Å²) < 4.78 is 2.04. The third kappa shape index (κ3) is 1.53. The van der Waals surface area contributed by atoms with Crippen LogP contribution in [0.2, 0.25) is 0 Å². The van der Waals surface area contributed by atoms with E-state index in [1.54, 1.807) is 0 Å². The molecule has 0 amide bonds. The summed E-state index contributed by atoms with van der Waals surface area (Å²) in [5, 5.41) is 5.58. The Morgan fingerprint density at radius 3 is 2.83 bits per heavy atom. The maximum Gasteiger partial charge on any atom is 0.138 e. The number of fused-ring (bicyclic) bond motifs is 1. The van der Waals surface area contributed by atoms with Gasteiger partial charge in [-0.3, -0.25) is 4.68 Å². The summed E-state index contributed by atoms with van der Waals surface area (Å²) in [6.07, 6.45) is 5.69. The number of nitrogens with one attached hydrogen (secondary N) is 1. The van der Waals surface area contributed by atoms with E-state index in [4.69, 9.17) is 0 Å². The number of aryl methyl sites for hydroxylation is 1. The summed E-state index contributed by atoms with van der Waals surface area (Å²) in [4.78, 5) is 7.56. The van der Waals surface area contributed by atoms with E-state index in [0.717, 1.165) is 11.3 Å². The number of H-pyrrole nitrogens is 1. The predicted molar refractivity (Wildman–Crippen MR) is 72.4 cm³/mol. The molecule has 0 aromatic carbocycles. The van der Waals surface area contributed by atoms with Crippen molar-refractivity contribution in [3.8, 4) is 11.3 Å². The molecule has 0 spiro atoms. The molecule has 0 atom stereocenters. The molecule has 3 aromatic rings. The van der Waals surface area contributed by atoms with Crippen LogP contribution in [0.1, 0.15) is 25.5 Å². The summed E-state index contributed by atoms with van der Waals surface area (Å²) in [6, 6.07) is 4.46. The van der Waals surface area contributed by atoms with Crippen LogP contribution in [0, 0.1) is 6.92 Å². The van der Waals surface area contributed by atoms with Crippen molar-refractivity contribution >= 4 is 11.0 Å². The zero-order valence-electron chi connectivity index (χ0n) is 10.8. The van der Waals surface area contributed by atoms with E-state index >= 15 is 0 Å². The molecular formula is C14H16N4. The molecule has 18 heavy (non-hydrogen) atoms. The normalized spacial score (nSPS) is 11.6. The van der Waals surface area contributed by atoms with Gasteiger partial charge >= 0.3 is 0 Å². The van der Waals surface area contributed by atoms with Crippen LogP contribution in [-0.2, 0) is 0 Å². The largest absolute Gasteiger partial charge is 0.346 e. The standard InChI is InChI=1S/C14H16N4/c1-9(2)18-12(5-7-17-18)11-4-6-15-14-13(11)10(3)8-16-14/h4-9H,1-3H3,(H,15,16). The van der Waals surface area contributed by atoms with Gasteiger partial charge in [-0.2, -0.15) is 5.10 Å². The number of hydrogen-bond acceptors (Lipinski definition) is 2. The van der Waals surface area contributed by atoms with E-state index in [-0.39, 0.29) is 0 Å². The number of hydrogen-bond donors (Lipinski definition) is 1. The second kappa shape index (κ2) is 3.98. The van der Waals surface area contributed by atoms with Crippen LogP contribution in [0.25, 0.3) is 22.3 Å². The minimum Gasteiger partial charge on any atom is -0.346 e. The van der Waals surface area contributed by atoms with Gasteiger partial charge in [-0.05, 0) is 38.5 Å². The molecule has 0 unspecified atom stereocenters. The van der Waals surface area contributed by atoms with Crippen LogP contribution in [0.15, 0.2) is 30.7 Å². The lowest BCUT2D eigenvalue weighted by Gasteiger charge is -2.12. The van der Waals surface area contributed by atoms with Gasteiger partial charge in [0.05, 0.1) is 5.69 Å². The van der Waals surface area contributed by atoms with Gasteiger partial charge in [-0.15, -0.1) is 0 Å². The zero-order chi connectivity index (χ0) is 12.7. The Labute approximate surface area is 106 Å². The van der Waals surface area contributed by atoms with E-state index in [1.165, 1.54) is 16.5 Å². The summed E-state index contributed by atoms with van der Waals surface area (Å²) in [5.74, 6) is 0. The van der Waals surface area contributed by atoms with Crippen LogP contribution in [0.5, 0.6) is 0 Å². The van der Waals surface area contributed by atoms with Crippen LogP contribution in [0.3, 0.4) is 0 Å². The van der Waals surface area contributed by atoms with E-state index < -0.39 is 0 Å². The highest BCUT2D eigenvalue weighted by Gasteiger charge is 2.13. The number of rotatable bonds is 2. The van der Waals surface area contributed by atoms with Gasteiger partial charge in [-0.25, -0.2) is 4.98 Å². The molecule has 3 rings (SSSR count). The van der Waals surface area contributed by atoms with Crippen LogP contribution < -0.4 is 0 Å². The van der Waals surface area contributed by atoms with Crippen molar-refractivity contribution in [3.05, 3.63) is 36.3 Å². The maximum absolute atomic E-state index is 4.40. The molecule has 0 aliphatic carbocycles.